The number of ketones is 1. The molecular formula is C15H19NO5. The molecule has 6 nitrogen and oxygen atoms in total. The van der Waals surface area contributed by atoms with Crippen LogP contribution in [0.2, 0.25) is 0 Å². The monoisotopic (exact) mass is 293 g/mol. The number of hydrogen-bond acceptors (Lipinski definition) is 5. The average Bonchev–Trinajstić information content (AvgIpc) is 2.36. The molecule has 0 aliphatic carbocycles. The van der Waals surface area contributed by atoms with Crippen molar-refractivity contribution in [1.82, 2.24) is 0 Å². The Labute approximate surface area is 123 Å². The second kappa shape index (κ2) is 6.88. The molecular weight excluding hydrogens is 274 g/mol. The van der Waals surface area contributed by atoms with Gasteiger partial charge in [-0.2, -0.15) is 0 Å². The molecule has 0 aliphatic heterocycles. The summed E-state index contributed by atoms with van der Waals surface area (Å²) in [6.45, 7) is 6.97. The Hall–Kier alpha value is -2.37. The number of hydrogen-bond donors (Lipinski definition) is 1. The van der Waals surface area contributed by atoms with Crippen molar-refractivity contribution in [3.8, 4) is 0 Å². The number of carbonyl (C=O) groups is 3. The van der Waals surface area contributed by atoms with Crippen LogP contribution in [0.4, 0.5) is 10.5 Å². The van der Waals surface area contributed by atoms with Crippen molar-refractivity contribution in [2.45, 2.75) is 33.3 Å². The minimum absolute atomic E-state index is 0.125. The van der Waals surface area contributed by atoms with Gasteiger partial charge in [-0.05, 0) is 39.8 Å². The topological polar surface area (TPSA) is 81.7 Å². The van der Waals surface area contributed by atoms with E-state index in [0.29, 0.717) is 5.69 Å². The second-order valence-electron chi connectivity index (χ2n) is 5.26. The lowest BCUT2D eigenvalue weighted by molar-refractivity contribution is -0.137. The summed E-state index contributed by atoms with van der Waals surface area (Å²) in [6.07, 6.45) is -0.636. The van der Waals surface area contributed by atoms with Gasteiger partial charge in [-0.3, -0.25) is 10.1 Å². The fraction of sp³-hybridized carbons (Fsp3) is 0.400. The molecule has 114 valence electrons. The molecule has 21 heavy (non-hydrogen) atoms. The number of amides is 1. The fourth-order valence-corrected chi connectivity index (χ4v) is 1.47. The Morgan fingerprint density at radius 1 is 1.19 bits per heavy atom. The van der Waals surface area contributed by atoms with Gasteiger partial charge in [0, 0.05) is 11.3 Å². The minimum Gasteiger partial charge on any atom is -0.460 e. The fourth-order valence-electron chi connectivity index (χ4n) is 1.47. The zero-order chi connectivity index (χ0) is 16.0. The van der Waals surface area contributed by atoms with E-state index in [1.54, 1.807) is 39.8 Å². The molecule has 0 unspecified atom stereocenters. The standard InChI is InChI=1S/C15H19NO5/c1-5-20-13(18)12(17)10-7-6-8-11(9-10)16-14(19)21-15(2,3)4/h6-9H,5H2,1-4H3,(H,16,19). The lowest BCUT2D eigenvalue weighted by Crippen LogP contribution is -2.27. The number of benzene rings is 1. The molecule has 0 aromatic heterocycles. The second-order valence-corrected chi connectivity index (χ2v) is 5.26. The van der Waals surface area contributed by atoms with E-state index >= 15 is 0 Å². The zero-order valence-electron chi connectivity index (χ0n) is 12.6. The van der Waals surface area contributed by atoms with Crippen LogP contribution >= 0.6 is 0 Å². The van der Waals surface area contributed by atoms with Crippen LogP contribution in [0.15, 0.2) is 24.3 Å². The minimum atomic E-state index is -0.924. The lowest BCUT2D eigenvalue weighted by atomic mass is 10.1. The van der Waals surface area contributed by atoms with Crippen LogP contribution in [0, 0.1) is 0 Å². The van der Waals surface area contributed by atoms with E-state index < -0.39 is 23.4 Å². The molecule has 0 radical (unpaired) electrons. The maximum absolute atomic E-state index is 11.8. The number of carbonyl (C=O) groups excluding carboxylic acids is 3. The molecule has 0 fully saturated rings. The van der Waals surface area contributed by atoms with E-state index in [2.05, 4.69) is 10.1 Å². The molecule has 1 aromatic carbocycles. The van der Waals surface area contributed by atoms with Gasteiger partial charge in [-0.25, -0.2) is 9.59 Å². The molecule has 0 saturated carbocycles. The van der Waals surface area contributed by atoms with Gasteiger partial charge in [-0.1, -0.05) is 12.1 Å². The van der Waals surface area contributed by atoms with Crippen LogP contribution in [0.5, 0.6) is 0 Å². The maximum Gasteiger partial charge on any atom is 0.412 e. The molecule has 1 rings (SSSR count). The molecule has 0 atom stereocenters. The first kappa shape index (κ1) is 16.7. The Balaban J connectivity index is 2.79. The largest absolute Gasteiger partial charge is 0.460 e. The highest BCUT2D eigenvalue weighted by atomic mass is 16.6. The maximum atomic E-state index is 11.8. The van der Waals surface area contributed by atoms with Crippen molar-refractivity contribution >= 4 is 23.5 Å². The van der Waals surface area contributed by atoms with E-state index in [9.17, 15) is 14.4 Å². The van der Waals surface area contributed by atoms with E-state index in [1.807, 2.05) is 0 Å². The average molecular weight is 293 g/mol. The van der Waals surface area contributed by atoms with E-state index in [4.69, 9.17) is 4.74 Å². The van der Waals surface area contributed by atoms with Crippen LogP contribution in [0.3, 0.4) is 0 Å². The van der Waals surface area contributed by atoms with Crippen molar-refractivity contribution in [2.24, 2.45) is 0 Å². The zero-order valence-corrected chi connectivity index (χ0v) is 12.6. The highest BCUT2D eigenvalue weighted by Gasteiger charge is 2.19. The lowest BCUT2D eigenvalue weighted by Gasteiger charge is -2.19. The van der Waals surface area contributed by atoms with E-state index in [0.717, 1.165) is 0 Å². The number of ether oxygens (including phenoxy) is 2. The van der Waals surface area contributed by atoms with Crippen LogP contribution in [0.1, 0.15) is 38.1 Å². The molecule has 0 heterocycles. The van der Waals surface area contributed by atoms with Gasteiger partial charge in [-0.15, -0.1) is 0 Å². The molecule has 0 aliphatic rings. The van der Waals surface area contributed by atoms with Crippen molar-refractivity contribution in [1.29, 1.82) is 0 Å². The number of nitrogens with one attached hydrogen (secondary N) is 1. The van der Waals surface area contributed by atoms with Gasteiger partial charge >= 0.3 is 12.1 Å². The van der Waals surface area contributed by atoms with Gasteiger partial charge in [0.1, 0.15) is 5.60 Å². The van der Waals surface area contributed by atoms with Gasteiger partial charge in [0.05, 0.1) is 6.61 Å². The highest BCUT2D eigenvalue weighted by molar-refractivity contribution is 6.40. The summed E-state index contributed by atoms with van der Waals surface area (Å²) < 4.78 is 9.75. The summed E-state index contributed by atoms with van der Waals surface area (Å²) in [5.74, 6) is -1.68. The number of esters is 1. The first-order chi connectivity index (χ1) is 9.73. The Bertz CT molecular complexity index is 545. The van der Waals surface area contributed by atoms with Crippen LogP contribution in [-0.4, -0.2) is 30.1 Å². The van der Waals surface area contributed by atoms with Crippen molar-refractivity contribution < 1.29 is 23.9 Å². The molecule has 0 bridgehead atoms. The predicted molar refractivity (Wildman–Crippen MR) is 77.3 cm³/mol. The Morgan fingerprint density at radius 2 is 1.86 bits per heavy atom. The third kappa shape index (κ3) is 5.64. The third-order valence-electron chi connectivity index (χ3n) is 2.23. The van der Waals surface area contributed by atoms with Crippen LogP contribution in [-0.2, 0) is 14.3 Å². The van der Waals surface area contributed by atoms with Crippen molar-refractivity contribution in [3.05, 3.63) is 29.8 Å². The normalized spacial score (nSPS) is 10.7. The van der Waals surface area contributed by atoms with Gasteiger partial charge in [0.2, 0.25) is 0 Å². The molecule has 1 N–H and O–H groups in total. The summed E-state index contributed by atoms with van der Waals surface area (Å²) in [7, 11) is 0. The van der Waals surface area contributed by atoms with Crippen molar-refractivity contribution in [2.75, 3.05) is 11.9 Å². The van der Waals surface area contributed by atoms with Gasteiger partial charge in [0.25, 0.3) is 5.78 Å². The molecule has 1 aromatic rings. The molecule has 0 saturated heterocycles. The number of rotatable bonds is 4. The smallest absolute Gasteiger partial charge is 0.412 e. The molecule has 1 amide bonds. The molecule has 6 heteroatoms. The third-order valence-corrected chi connectivity index (χ3v) is 2.23. The summed E-state index contributed by atoms with van der Waals surface area (Å²) >= 11 is 0. The van der Waals surface area contributed by atoms with Crippen molar-refractivity contribution in [3.63, 3.8) is 0 Å². The van der Waals surface area contributed by atoms with Crippen LogP contribution < -0.4 is 5.32 Å². The SMILES string of the molecule is CCOC(=O)C(=O)c1cccc(NC(=O)OC(C)(C)C)c1. The number of Topliss-reactive ketones (excluding diaryl/α,β-unsaturated/α-hetero) is 1. The number of anilines is 1. The first-order valence-corrected chi connectivity index (χ1v) is 6.54. The predicted octanol–water partition coefficient (Wildman–Crippen LogP) is 2.78. The van der Waals surface area contributed by atoms with E-state index in [1.165, 1.54) is 12.1 Å². The highest BCUT2D eigenvalue weighted by Crippen LogP contribution is 2.14. The summed E-state index contributed by atoms with van der Waals surface area (Å²) in [6, 6.07) is 6.01. The van der Waals surface area contributed by atoms with E-state index in [-0.39, 0.29) is 12.2 Å². The Morgan fingerprint density at radius 3 is 2.43 bits per heavy atom. The van der Waals surface area contributed by atoms with Gasteiger partial charge in [0.15, 0.2) is 0 Å². The summed E-state index contributed by atoms with van der Waals surface area (Å²) in [5, 5.41) is 2.50. The summed E-state index contributed by atoms with van der Waals surface area (Å²) in [5.41, 5.74) is -0.121. The first-order valence-electron chi connectivity index (χ1n) is 6.54. The molecule has 0 spiro atoms. The quantitative estimate of drug-likeness (QED) is 0.524. The van der Waals surface area contributed by atoms with Gasteiger partial charge < -0.3 is 9.47 Å². The Kier molecular flexibility index (Phi) is 5.46. The van der Waals surface area contributed by atoms with Crippen LogP contribution in [0.25, 0.3) is 0 Å². The summed E-state index contributed by atoms with van der Waals surface area (Å²) in [4.78, 5) is 34.8.